The van der Waals surface area contributed by atoms with E-state index in [9.17, 15) is 0 Å². The van der Waals surface area contributed by atoms with Gasteiger partial charge in [-0.05, 0) is 0 Å². The van der Waals surface area contributed by atoms with Crippen LogP contribution in [0.15, 0.2) is 12.8 Å². The minimum atomic E-state index is 0.708. The van der Waals surface area contributed by atoms with E-state index in [1.165, 1.54) is 6.26 Å². The molecule has 0 spiro atoms. The van der Waals surface area contributed by atoms with Gasteiger partial charge in [0.15, 0.2) is 19.3 Å². The third kappa shape index (κ3) is 3.18. The molecule has 0 unspecified atom stereocenters. The minimum Gasteiger partial charge on any atom is -0.495 e. The van der Waals surface area contributed by atoms with Crippen molar-refractivity contribution < 1.29 is 14.0 Å². The van der Waals surface area contributed by atoms with Gasteiger partial charge < -0.3 is 9.47 Å². The van der Waals surface area contributed by atoms with Gasteiger partial charge in [-0.2, -0.15) is 0 Å². The Balaban J connectivity index is 2.14. The van der Waals surface area contributed by atoms with Crippen molar-refractivity contribution in [3.05, 3.63) is 12.8 Å². The number of nitrogens with zero attached hydrogens (tertiary/aromatic N) is 1. The lowest BCUT2D eigenvalue weighted by Crippen LogP contribution is -2.28. The Labute approximate surface area is 66.9 Å². The zero-order chi connectivity index (χ0) is 7.94. The molecule has 0 aromatic heterocycles. The average molecular weight is 156 g/mol. The normalized spacial score (nSPS) is 17.3. The minimum absolute atomic E-state index is 0.708. The van der Waals surface area contributed by atoms with Gasteiger partial charge in [-0.15, -0.1) is 0 Å². The van der Waals surface area contributed by atoms with Crippen molar-refractivity contribution in [1.82, 2.24) is 0 Å². The molecule has 0 atom stereocenters. The highest BCUT2D eigenvalue weighted by Gasteiger charge is 2.07. The molecule has 0 aliphatic carbocycles. The van der Waals surface area contributed by atoms with Crippen LogP contribution in [0.1, 0.15) is 0 Å². The SMILES string of the molecule is C=COCC[N+]1=CCOCC1. The van der Waals surface area contributed by atoms with E-state index in [2.05, 4.69) is 17.4 Å². The van der Waals surface area contributed by atoms with Crippen LogP contribution in [-0.4, -0.2) is 43.7 Å². The van der Waals surface area contributed by atoms with E-state index < -0.39 is 0 Å². The van der Waals surface area contributed by atoms with Crippen LogP contribution in [0.5, 0.6) is 0 Å². The molecule has 11 heavy (non-hydrogen) atoms. The molecule has 0 bridgehead atoms. The first-order chi connectivity index (χ1) is 5.43. The topological polar surface area (TPSA) is 21.5 Å². The van der Waals surface area contributed by atoms with E-state index in [1.807, 2.05) is 0 Å². The lowest BCUT2D eigenvalue weighted by atomic mass is 10.5. The van der Waals surface area contributed by atoms with Crippen LogP contribution in [0.4, 0.5) is 0 Å². The summed E-state index contributed by atoms with van der Waals surface area (Å²) >= 11 is 0. The highest BCUT2D eigenvalue weighted by atomic mass is 16.5. The van der Waals surface area contributed by atoms with Crippen LogP contribution < -0.4 is 0 Å². The number of rotatable bonds is 4. The van der Waals surface area contributed by atoms with Gasteiger partial charge in [0.1, 0.15) is 19.8 Å². The molecule has 62 valence electrons. The van der Waals surface area contributed by atoms with Gasteiger partial charge in [0.25, 0.3) is 0 Å². The van der Waals surface area contributed by atoms with Crippen molar-refractivity contribution in [3.63, 3.8) is 0 Å². The van der Waals surface area contributed by atoms with E-state index in [4.69, 9.17) is 9.47 Å². The Hall–Kier alpha value is -0.830. The Kier molecular flexibility index (Phi) is 3.69. The lowest BCUT2D eigenvalue weighted by molar-refractivity contribution is -0.536. The Bertz CT molecular complexity index is 154. The fraction of sp³-hybridized carbons (Fsp3) is 0.625. The highest BCUT2D eigenvalue weighted by Crippen LogP contribution is 1.85. The van der Waals surface area contributed by atoms with Crippen LogP contribution in [0.2, 0.25) is 0 Å². The average Bonchev–Trinajstić information content (AvgIpc) is 2.07. The molecule has 1 heterocycles. The molecule has 1 aliphatic rings. The third-order valence-corrected chi connectivity index (χ3v) is 1.59. The van der Waals surface area contributed by atoms with Crippen LogP contribution >= 0.6 is 0 Å². The summed E-state index contributed by atoms with van der Waals surface area (Å²) in [7, 11) is 0. The molecule has 0 radical (unpaired) electrons. The maximum Gasteiger partial charge on any atom is 0.176 e. The second kappa shape index (κ2) is 4.91. The fourth-order valence-corrected chi connectivity index (χ4v) is 0.971. The summed E-state index contributed by atoms with van der Waals surface area (Å²) in [5.41, 5.74) is 0. The maximum atomic E-state index is 5.15. The quantitative estimate of drug-likeness (QED) is 0.331. The Morgan fingerprint density at radius 2 is 2.64 bits per heavy atom. The standard InChI is InChI=1S/C8H14NO2/c1-2-10-6-3-9-4-7-11-8-5-9/h2,4H,1,3,5-8H2/q+1. The Morgan fingerprint density at radius 1 is 1.73 bits per heavy atom. The summed E-state index contributed by atoms with van der Waals surface area (Å²) in [4.78, 5) is 0. The number of ether oxygens (including phenoxy) is 2. The van der Waals surface area contributed by atoms with Crippen molar-refractivity contribution in [2.75, 3.05) is 32.9 Å². The summed E-state index contributed by atoms with van der Waals surface area (Å²) < 4.78 is 12.3. The van der Waals surface area contributed by atoms with E-state index in [1.54, 1.807) is 0 Å². The summed E-state index contributed by atoms with van der Waals surface area (Å²) in [6, 6.07) is 0. The van der Waals surface area contributed by atoms with Crippen molar-refractivity contribution in [2.24, 2.45) is 0 Å². The van der Waals surface area contributed by atoms with E-state index >= 15 is 0 Å². The molecule has 3 heteroatoms. The first kappa shape index (κ1) is 8.27. The molecule has 0 saturated heterocycles. The monoisotopic (exact) mass is 156 g/mol. The van der Waals surface area contributed by atoms with Crippen molar-refractivity contribution >= 4 is 6.21 Å². The summed E-state index contributed by atoms with van der Waals surface area (Å²) in [5, 5.41) is 0. The Morgan fingerprint density at radius 3 is 3.27 bits per heavy atom. The van der Waals surface area contributed by atoms with E-state index in [0.29, 0.717) is 6.61 Å². The highest BCUT2D eigenvalue weighted by molar-refractivity contribution is 5.52. The van der Waals surface area contributed by atoms with Gasteiger partial charge in [0, 0.05) is 0 Å². The van der Waals surface area contributed by atoms with Crippen molar-refractivity contribution in [3.8, 4) is 0 Å². The first-order valence-corrected chi connectivity index (χ1v) is 3.81. The van der Waals surface area contributed by atoms with E-state index in [0.717, 1.165) is 26.3 Å². The molecule has 0 aromatic carbocycles. The van der Waals surface area contributed by atoms with Gasteiger partial charge in [-0.1, -0.05) is 6.58 Å². The molecule has 0 aromatic rings. The number of hydrogen-bond donors (Lipinski definition) is 0. The fourth-order valence-electron chi connectivity index (χ4n) is 0.971. The molecule has 1 aliphatic heterocycles. The molecule has 0 amide bonds. The second-order valence-corrected chi connectivity index (χ2v) is 2.33. The first-order valence-electron chi connectivity index (χ1n) is 3.81. The third-order valence-electron chi connectivity index (χ3n) is 1.59. The maximum absolute atomic E-state index is 5.15. The van der Waals surface area contributed by atoms with Crippen molar-refractivity contribution in [2.45, 2.75) is 0 Å². The predicted octanol–water partition coefficient (Wildman–Crippen LogP) is 0.260. The van der Waals surface area contributed by atoms with Crippen LogP contribution in [0, 0.1) is 0 Å². The molecule has 0 N–H and O–H groups in total. The van der Waals surface area contributed by atoms with Crippen LogP contribution in [0.25, 0.3) is 0 Å². The number of hydrogen-bond acceptors (Lipinski definition) is 2. The summed E-state index contributed by atoms with van der Waals surface area (Å²) in [6.45, 7) is 7.63. The smallest absolute Gasteiger partial charge is 0.176 e. The van der Waals surface area contributed by atoms with Gasteiger partial charge in [-0.25, -0.2) is 4.58 Å². The molecular formula is C8H14NO2+. The second-order valence-electron chi connectivity index (χ2n) is 2.33. The van der Waals surface area contributed by atoms with Crippen LogP contribution in [-0.2, 0) is 9.47 Å². The largest absolute Gasteiger partial charge is 0.495 e. The zero-order valence-electron chi connectivity index (χ0n) is 6.66. The predicted molar refractivity (Wildman–Crippen MR) is 43.0 cm³/mol. The van der Waals surface area contributed by atoms with Crippen LogP contribution in [0.3, 0.4) is 0 Å². The van der Waals surface area contributed by atoms with E-state index in [-0.39, 0.29) is 0 Å². The molecule has 3 nitrogen and oxygen atoms in total. The summed E-state index contributed by atoms with van der Waals surface area (Å²) in [5.74, 6) is 0. The molecule has 0 saturated carbocycles. The molecule has 1 rings (SSSR count). The van der Waals surface area contributed by atoms with Gasteiger partial charge in [0.2, 0.25) is 0 Å². The van der Waals surface area contributed by atoms with Gasteiger partial charge >= 0.3 is 0 Å². The zero-order valence-corrected chi connectivity index (χ0v) is 6.66. The van der Waals surface area contributed by atoms with Crippen molar-refractivity contribution in [1.29, 1.82) is 0 Å². The van der Waals surface area contributed by atoms with Gasteiger partial charge in [0.05, 0.1) is 6.26 Å². The molecular weight excluding hydrogens is 142 g/mol. The molecule has 0 fully saturated rings. The summed E-state index contributed by atoms with van der Waals surface area (Å²) in [6.07, 6.45) is 3.52. The lowest BCUT2D eigenvalue weighted by Gasteiger charge is -2.08. The van der Waals surface area contributed by atoms with Gasteiger partial charge in [-0.3, -0.25) is 0 Å².